The Kier molecular flexibility index (Phi) is 3.27. The van der Waals surface area contributed by atoms with Crippen LogP contribution >= 0.6 is 0 Å². The molecule has 48 valence electrons. The third-order valence-corrected chi connectivity index (χ3v) is 3.80. The van der Waals surface area contributed by atoms with Crippen LogP contribution in [0.4, 0.5) is 0 Å². The van der Waals surface area contributed by atoms with Crippen LogP contribution in [0.2, 0.25) is 3.86 Å². The van der Waals surface area contributed by atoms with Gasteiger partial charge in [0.15, 0.2) is 0 Å². The summed E-state index contributed by atoms with van der Waals surface area (Å²) in [5.41, 5.74) is 0. The molecule has 0 atom stereocenters. The SMILES string of the molecule is [SbH2][CH]1CCCCCC1. The average molecular weight is 221 g/mol. The summed E-state index contributed by atoms with van der Waals surface area (Å²) in [6, 6.07) is 0. The zero-order valence-electron chi connectivity index (χ0n) is 5.40. The molecule has 0 amide bonds. The van der Waals surface area contributed by atoms with Crippen molar-refractivity contribution in [3.8, 4) is 0 Å². The summed E-state index contributed by atoms with van der Waals surface area (Å²) in [5.74, 6) is 0. The van der Waals surface area contributed by atoms with E-state index in [2.05, 4.69) is 0 Å². The summed E-state index contributed by atoms with van der Waals surface area (Å²) in [4.78, 5) is 0. The first-order valence-corrected chi connectivity index (χ1v) is 5.55. The van der Waals surface area contributed by atoms with Crippen molar-refractivity contribution in [1.82, 2.24) is 0 Å². The van der Waals surface area contributed by atoms with E-state index in [9.17, 15) is 0 Å². The molecule has 0 N–H and O–H groups in total. The van der Waals surface area contributed by atoms with Gasteiger partial charge in [-0.3, -0.25) is 0 Å². The summed E-state index contributed by atoms with van der Waals surface area (Å²) >= 11 is 1.51. The molecule has 1 rings (SSSR count). The molecular weight excluding hydrogens is 206 g/mol. The van der Waals surface area contributed by atoms with Gasteiger partial charge in [0.2, 0.25) is 0 Å². The van der Waals surface area contributed by atoms with Crippen LogP contribution in [0.1, 0.15) is 38.5 Å². The Hall–Kier alpha value is 0.818. The van der Waals surface area contributed by atoms with Gasteiger partial charge in [-0.25, -0.2) is 0 Å². The van der Waals surface area contributed by atoms with E-state index in [0.29, 0.717) is 0 Å². The normalized spacial score (nSPS) is 25.1. The van der Waals surface area contributed by atoms with Crippen LogP contribution in [0.5, 0.6) is 0 Å². The van der Waals surface area contributed by atoms with Crippen LogP contribution in [0, 0.1) is 0 Å². The van der Waals surface area contributed by atoms with Crippen molar-refractivity contribution in [2.24, 2.45) is 0 Å². The second kappa shape index (κ2) is 3.77. The van der Waals surface area contributed by atoms with Crippen molar-refractivity contribution < 1.29 is 0 Å². The van der Waals surface area contributed by atoms with Crippen molar-refractivity contribution in [2.45, 2.75) is 42.4 Å². The van der Waals surface area contributed by atoms with Gasteiger partial charge < -0.3 is 0 Å². The van der Waals surface area contributed by atoms with Crippen molar-refractivity contribution in [1.29, 1.82) is 0 Å². The van der Waals surface area contributed by atoms with Gasteiger partial charge in [0.05, 0.1) is 0 Å². The monoisotopic (exact) mass is 220 g/mol. The summed E-state index contributed by atoms with van der Waals surface area (Å²) in [6.07, 6.45) is 9.15. The Labute approximate surface area is 65.5 Å². The fourth-order valence-electron chi connectivity index (χ4n) is 1.31. The molecule has 0 nitrogen and oxygen atoms in total. The molecule has 0 aromatic heterocycles. The van der Waals surface area contributed by atoms with Crippen molar-refractivity contribution in [3.05, 3.63) is 0 Å². The van der Waals surface area contributed by atoms with Crippen LogP contribution in [-0.4, -0.2) is 23.0 Å². The molecule has 0 aromatic rings. The van der Waals surface area contributed by atoms with E-state index in [1.807, 2.05) is 0 Å². The Morgan fingerprint density at radius 1 is 0.875 bits per heavy atom. The first-order chi connectivity index (χ1) is 3.89. The van der Waals surface area contributed by atoms with Crippen LogP contribution in [0.15, 0.2) is 0 Å². The molecule has 1 aliphatic rings. The molecule has 0 radical (unpaired) electrons. The molecule has 0 unspecified atom stereocenters. The van der Waals surface area contributed by atoms with Gasteiger partial charge in [-0.2, -0.15) is 0 Å². The molecule has 8 heavy (non-hydrogen) atoms. The summed E-state index contributed by atoms with van der Waals surface area (Å²) in [5, 5.41) is 0. The Morgan fingerprint density at radius 2 is 1.38 bits per heavy atom. The maximum atomic E-state index is 1.54. The summed E-state index contributed by atoms with van der Waals surface area (Å²) in [6.45, 7) is 0. The van der Waals surface area contributed by atoms with Gasteiger partial charge in [0.25, 0.3) is 0 Å². The van der Waals surface area contributed by atoms with Gasteiger partial charge in [-0.05, 0) is 0 Å². The second-order valence-electron chi connectivity index (χ2n) is 2.75. The molecule has 0 aromatic carbocycles. The summed E-state index contributed by atoms with van der Waals surface area (Å²) in [7, 11) is 0. The zero-order valence-corrected chi connectivity index (χ0v) is 8.69. The maximum absolute atomic E-state index is 1.54. The van der Waals surface area contributed by atoms with Gasteiger partial charge >= 0.3 is 65.4 Å². The van der Waals surface area contributed by atoms with Gasteiger partial charge in [0.1, 0.15) is 0 Å². The van der Waals surface area contributed by atoms with Crippen LogP contribution in [-0.2, 0) is 0 Å². The third kappa shape index (κ3) is 2.39. The molecule has 1 saturated carbocycles. The van der Waals surface area contributed by atoms with Gasteiger partial charge in [-0.1, -0.05) is 0 Å². The molecule has 0 spiro atoms. The van der Waals surface area contributed by atoms with Crippen molar-refractivity contribution in [3.63, 3.8) is 0 Å². The molecule has 1 heteroatoms. The Balaban J connectivity index is 2.17. The molecule has 1 aliphatic carbocycles. The third-order valence-electron chi connectivity index (χ3n) is 1.90. The van der Waals surface area contributed by atoms with Gasteiger partial charge in [0, 0.05) is 0 Å². The molecule has 0 saturated heterocycles. The predicted molar refractivity (Wildman–Crippen MR) is 40.0 cm³/mol. The Bertz CT molecular complexity index is 53.4. The number of hydrogen-bond donors (Lipinski definition) is 0. The topological polar surface area (TPSA) is 0 Å². The number of rotatable bonds is 0. The predicted octanol–water partition coefficient (Wildman–Crippen LogP) is 1.76. The van der Waals surface area contributed by atoms with E-state index < -0.39 is 0 Å². The van der Waals surface area contributed by atoms with E-state index in [0.717, 1.165) is 3.86 Å². The summed E-state index contributed by atoms with van der Waals surface area (Å²) < 4.78 is 1.16. The fourth-order valence-corrected chi connectivity index (χ4v) is 2.66. The quantitative estimate of drug-likeness (QED) is 0.431. The van der Waals surface area contributed by atoms with E-state index in [1.54, 1.807) is 12.8 Å². The standard InChI is InChI=1S/C7H13.Sb.2H/c1-2-4-6-7-5-3-1;;;/h1H,2-7H2;;;. The number of hydrogen-bond acceptors (Lipinski definition) is 0. The second-order valence-corrected chi connectivity index (χ2v) is 5.44. The first kappa shape index (κ1) is 6.93. The fraction of sp³-hybridized carbons (Fsp3) is 1.00. The van der Waals surface area contributed by atoms with Crippen LogP contribution in [0.3, 0.4) is 0 Å². The minimum atomic E-state index is 1.16. The van der Waals surface area contributed by atoms with E-state index in [1.165, 1.54) is 48.7 Å². The van der Waals surface area contributed by atoms with E-state index in [-0.39, 0.29) is 0 Å². The van der Waals surface area contributed by atoms with Gasteiger partial charge in [-0.15, -0.1) is 0 Å². The zero-order chi connectivity index (χ0) is 5.82. The van der Waals surface area contributed by atoms with Crippen molar-refractivity contribution >= 4 is 23.0 Å². The van der Waals surface area contributed by atoms with Crippen molar-refractivity contribution in [2.75, 3.05) is 0 Å². The average Bonchev–Trinajstić information content (AvgIpc) is 1.94. The van der Waals surface area contributed by atoms with E-state index >= 15 is 0 Å². The Morgan fingerprint density at radius 3 is 1.88 bits per heavy atom. The molecular formula is C7H15Sb. The van der Waals surface area contributed by atoms with E-state index in [4.69, 9.17) is 0 Å². The molecule has 0 aliphatic heterocycles. The van der Waals surface area contributed by atoms with Crippen LogP contribution < -0.4 is 0 Å². The molecule has 0 heterocycles. The van der Waals surface area contributed by atoms with Crippen LogP contribution in [0.25, 0.3) is 0 Å². The molecule has 1 fully saturated rings. The molecule has 0 bridgehead atoms. The first-order valence-electron chi connectivity index (χ1n) is 3.65. The minimum absolute atomic E-state index is 1.16.